The molecule has 1 spiro atoms. The third kappa shape index (κ3) is 2.86. The van der Waals surface area contributed by atoms with Gasteiger partial charge in [-0.2, -0.15) is 4.31 Å². The van der Waals surface area contributed by atoms with Gasteiger partial charge in [0, 0.05) is 30.5 Å². The molecule has 0 radical (unpaired) electrons. The molecule has 1 fully saturated rings. The van der Waals surface area contributed by atoms with Crippen molar-refractivity contribution in [1.29, 1.82) is 0 Å². The van der Waals surface area contributed by atoms with Crippen LogP contribution in [-0.4, -0.2) is 45.6 Å². The Balaban J connectivity index is 1.38. The second-order valence-corrected chi connectivity index (χ2v) is 10.00. The van der Waals surface area contributed by atoms with Crippen LogP contribution in [0.5, 0.6) is 11.5 Å². The summed E-state index contributed by atoms with van der Waals surface area (Å²) in [5.41, 5.74) is 0.932. The number of hydrogen-bond acceptors (Lipinski definition) is 6. The van der Waals surface area contributed by atoms with Crippen molar-refractivity contribution < 1.29 is 22.6 Å². The molecule has 0 N–H and O–H groups in total. The Labute approximate surface area is 162 Å². The average Bonchev–Trinajstić information content (AvgIpc) is 3.19. The van der Waals surface area contributed by atoms with Crippen molar-refractivity contribution in [2.45, 2.75) is 29.8 Å². The number of thiophene rings is 1. The first-order valence-electron chi connectivity index (χ1n) is 9.19. The summed E-state index contributed by atoms with van der Waals surface area (Å²) in [6, 6.07) is 6.99. The number of fused-ring (bicyclic) bond motifs is 3. The van der Waals surface area contributed by atoms with Crippen molar-refractivity contribution in [3.05, 3.63) is 40.1 Å². The van der Waals surface area contributed by atoms with Gasteiger partial charge in [-0.1, -0.05) is 0 Å². The fourth-order valence-electron chi connectivity index (χ4n) is 4.19. The number of hydrogen-bond donors (Lipinski definition) is 0. The van der Waals surface area contributed by atoms with E-state index in [0.717, 1.165) is 6.42 Å². The van der Waals surface area contributed by atoms with E-state index >= 15 is 0 Å². The molecule has 2 aromatic rings. The Kier molecular flexibility index (Phi) is 4.19. The van der Waals surface area contributed by atoms with Gasteiger partial charge in [0.1, 0.15) is 13.2 Å². The van der Waals surface area contributed by atoms with Gasteiger partial charge in [-0.3, -0.25) is 0 Å². The van der Waals surface area contributed by atoms with Crippen molar-refractivity contribution in [2.24, 2.45) is 0 Å². The van der Waals surface area contributed by atoms with E-state index in [0.29, 0.717) is 57.3 Å². The van der Waals surface area contributed by atoms with Gasteiger partial charge in [0.15, 0.2) is 11.5 Å². The van der Waals surface area contributed by atoms with Crippen molar-refractivity contribution in [2.75, 3.05) is 32.9 Å². The average molecular weight is 408 g/mol. The lowest BCUT2D eigenvalue weighted by molar-refractivity contribution is -0.0882. The molecule has 3 aliphatic rings. The lowest BCUT2D eigenvalue weighted by Gasteiger charge is -2.43. The molecule has 0 unspecified atom stereocenters. The first kappa shape index (κ1) is 17.5. The maximum atomic E-state index is 13.1. The minimum absolute atomic E-state index is 0.253. The van der Waals surface area contributed by atoms with Crippen LogP contribution in [0.3, 0.4) is 0 Å². The molecule has 6 nitrogen and oxygen atoms in total. The normalized spacial score (nSPS) is 21.8. The number of ether oxygens (including phenoxy) is 3. The van der Waals surface area contributed by atoms with Gasteiger partial charge in [-0.05, 0) is 42.0 Å². The van der Waals surface area contributed by atoms with Gasteiger partial charge in [0.2, 0.25) is 10.0 Å². The second kappa shape index (κ2) is 6.48. The van der Waals surface area contributed by atoms with Gasteiger partial charge in [0.05, 0.1) is 17.1 Å². The van der Waals surface area contributed by atoms with Gasteiger partial charge in [-0.25, -0.2) is 8.42 Å². The highest BCUT2D eigenvalue weighted by molar-refractivity contribution is 7.89. The molecule has 0 amide bonds. The fraction of sp³-hybridized carbons (Fsp3) is 0.474. The van der Waals surface area contributed by atoms with E-state index < -0.39 is 10.0 Å². The lowest BCUT2D eigenvalue weighted by atomic mass is 9.83. The molecule has 0 bridgehead atoms. The number of benzene rings is 1. The number of piperidine rings is 1. The molecule has 0 aliphatic carbocycles. The van der Waals surface area contributed by atoms with Crippen LogP contribution in [0.4, 0.5) is 0 Å². The molecule has 8 heteroatoms. The van der Waals surface area contributed by atoms with E-state index in [4.69, 9.17) is 14.2 Å². The van der Waals surface area contributed by atoms with E-state index in [1.165, 1.54) is 10.4 Å². The molecule has 4 heterocycles. The van der Waals surface area contributed by atoms with Crippen molar-refractivity contribution in [1.82, 2.24) is 4.31 Å². The summed E-state index contributed by atoms with van der Waals surface area (Å²) in [6.45, 7) is 2.53. The maximum Gasteiger partial charge on any atom is 0.243 e. The van der Waals surface area contributed by atoms with E-state index in [2.05, 4.69) is 11.4 Å². The molecule has 1 saturated heterocycles. The Morgan fingerprint density at radius 3 is 2.59 bits per heavy atom. The zero-order chi connectivity index (χ0) is 18.5. The molecule has 1 aromatic heterocycles. The van der Waals surface area contributed by atoms with Crippen LogP contribution in [0.15, 0.2) is 34.5 Å². The summed E-state index contributed by atoms with van der Waals surface area (Å²) in [5, 5.41) is 2.11. The zero-order valence-corrected chi connectivity index (χ0v) is 16.5. The predicted octanol–water partition coefficient (Wildman–Crippen LogP) is 2.77. The van der Waals surface area contributed by atoms with Gasteiger partial charge < -0.3 is 14.2 Å². The lowest BCUT2D eigenvalue weighted by Crippen LogP contribution is -2.48. The van der Waals surface area contributed by atoms with E-state index in [9.17, 15) is 8.42 Å². The summed E-state index contributed by atoms with van der Waals surface area (Å²) in [6.07, 6.45) is 2.31. The Morgan fingerprint density at radius 1 is 1.00 bits per heavy atom. The SMILES string of the molecule is O=S(=O)(c1ccc2c(c1)OCCO2)N1CCC2(CC1)OCCc1sccc12. The molecule has 1 aromatic carbocycles. The number of nitrogens with zero attached hydrogens (tertiary/aromatic N) is 1. The number of rotatable bonds is 2. The van der Waals surface area contributed by atoms with Crippen molar-refractivity contribution >= 4 is 21.4 Å². The highest BCUT2D eigenvalue weighted by atomic mass is 32.2. The van der Waals surface area contributed by atoms with Crippen LogP contribution in [0.2, 0.25) is 0 Å². The molecule has 3 aliphatic heterocycles. The van der Waals surface area contributed by atoms with Crippen molar-refractivity contribution in [3.8, 4) is 11.5 Å². The van der Waals surface area contributed by atoms with E-state index in [1.807, 2.05) is 0 Å². The van der Waals surface area contributed by atoms with Crippen LogP contribution in [-0.2, 0) is 26.8 Å². The summed E-state index contributed by atoms with van der Waals surface area (Å²) in [7, 11) is -3.57. The molecule has 0 saturated carbocycles. The Hall–Kier alpha value is -1.61. The van der Waals surface area contributed by atoms with Crippen LogP contribution in [0.25, 0.3) is 0 Å². The largest absolute Gasteiger partial charge is 0.486 e. The van der Waals surface area contributed by atoms with Crippen LogP contribution in [0, 0.1) is 0 Å². The van der Waals surface area contributed by atoms with E-state index in [-0.39, 0.29) is 10.5 Å². The van der Waals surface area contributed by atoms with Gasteiger partial charge in [-0.15, -0.1) is 11.3 Å². The maximum absolute atomic E-state index is 13.1. The molecule has 144 valence electrons. The van der Waals surface area contributed by atoms with Gasteiger partial charge >= 0.3 is 0 Å². The molecule has 0 atom stereocenters. The van der Waals surface area contributed by atoms with Gasteiger partial charge in [0.25, 0.3) is 0 Å². The van der Waals surface area contributed by atoms with E-state index in [1.54, 1.807) is 33.8 Å². The predicted molar refractivity (Wildman–Crippen MR) is 101 cm³/mol. The quantitative estimate of drug-likeness (QED) is 0.766. The third-order valence-corrected chi connectivity index (χ3v) is 8.50. The molecule has 5 rings (SSSR count). The summed E-state index contributed by atoms with van der Waals surface area (Å²) < 4.78 is 45.0. The molecular weight excluding hydrogens is 386 g/mol. The standard InChI is InChI=1S/C19H21NO5S2/c21-27(22,14-1-2-16-17(13-14)24-11-10-23-16)20-7-5-19(6-8-20)15-4-12-26-18(15)3-9-25-19/h1-2,4,12-13H,3,5-11H2. The fourth-order valence-corrected chi connectivity index (χ4v) is 6.60. The summed E-state index contributed by atoms with van der Waals surface area (Å²) in [4.78, 5) is 1.63. The third-order valence-electron chi connectivity index (χ3n) is 5.63. The first-order chi connectivity index (χ1) is 13.1. The minimum atomic E-state index is -3.57. The van der Waals surface area contributed by atoms with Crippen LogP contribution < -0.4 is 9.47 Å². The highest BCUT2D eigenvalue weighted by Gasteiger charge is 2.43. The molecule has 27 heavy (non-hydrogen) atoms. The Bertz CT molecular complexity index is 960. The summed E-state index contributed by atoms with van der Waals surface area (Å²) in [5.74, 6) is 1.09. The smallest absolute Gasteiger partial charge is 0.243 e. The minimum Gasteiger partial charge on any atom is -0.486 e. The monoisotopic (exact) mass is 407 g/mol. The van der Waals surface area contributed by atoms with Crippen molar-refractivity contribution in [3.63, 3.8) is 0 Å². The first-order valence-corrected chi connectivity index (χ1v) is 11.5. The highest BCUT2D eigenvalue weighted by Crippen LogP contribution is 2.44. The van der Waals surface area contributed by atoms with Crippen LogP contribution in [0.1, 0.15) is 23.3 Å². The zero-order valence-electron chi connectivity index (χ0n) is 14.8. The molecular formula is C19H21NO5S2. The topological polar surface area (TPSA) is 65.1 Å². The second-order valence-electron chi connectivity index (χ2n) is 7.06. The van der Waals surface area contributed by atoms with Crippen LogP contribution >= 0.6 is 11.3 Å². The summed E-state index contributed by atoms with van der Waals surface area (Å²) >= 11 is 1.77. The number of sulfonamides is 1. The Morgan fingerprint density at radius 2 is 1.78 bits per heavy atom.